The molecule has 4 rings (SSSR count). The van der Waals surface area contributed by atoms with E-state index in [0.29, 0.717) is 5.75 Å². The number of para-hydroxylation sites is 1. The predicted octanol–water partition coefficient (Wildman–Crippen LogP) is 3.98. The van der Waals surface area contributed by atoms with E-state index in [1.807, 2.05) is 36.4 Å². The topological polar surface area (TPSA) is 192 Å². The number of ether oxygens (including phenoxy) is 2. The van der Waals surface area contributed by atoms with Gasteiger partial charge in [0.1, 0.15) is 23.5 Å². The summed E-state index contributed by atoms with van der Waals surface area (Å²) in [6, 6.07) is 18.3. The van der Waals surface area contributed by atoms with Crippen LogP contribution in [0.5, 0.6) is 5.75 Å². The molecule has 0 aromatic heterocycles. The summed E-state index contributed by atoms with van der Waals surface area (Å²) in [5.41, 5.74) is 8.51. The maximum atomic E-state index is 13.0. The Bertz CT molecular complexity index is 1340. The number of carbonyl (C=O) groups is 3. The summed E-state index contributed by atoms with van der Waals surface area (Å²) in [7, 11) is -1.74. The highest BCUT2D eigenvalue weighted by molar-refractivity contribution is 7.47. The Kier molecular flexibility index (Phi) is 11.8. The summed E-state index contributed by atoms with van der Waals surface area (Å²) >= 11 is 0. The molecule has 0 aliphatic carbocycles. The molecule has 0 saturated carbocycles. The van der Waals surface area contributed by atoms with E-state index in [-0.39, 0.29) is 30.4 Å². The van der Waals surface area contributed by atoms with Gasteiger partial charge in [0.05, 0.1) is 25.0 Å². The molecule has 1 saturated heterocycles. The number of nitrogens with zero attached hydrogens (tertiary/aromatic N) is 4. The Morgan fingerprint density at radius 2 is 1.84 bits per heavy atom. The fourth-order valence-electron chi connectivity index (χ4n) is 4.59. The predicted molar refractivity (Wildman–Crippen MR) is 156 cm³/mol. The molecular formula is C29H35N4O9P. The van der Waals surface area contributed by atoms with E-state index >= 15 is 0 Å². The van der Waals surface area contributed by atoms with Crippen molar-refractivity contribution in [3.63, 3.8) is 0 Å². The van der Waals surface area contributed by atoms with E-state index in [9.17, 15) is 25.0 Å². The number of benzene rings is 2. The highest BCUT2D eigenvalue weighted by atomic mass is 31.2. The second-order valence-corrected chi connectivity index (χ2v) is 11.7. The summed E-state index contributed by atoms with van der Waals surface area (Å²) in [5.74, 6) is -1.39. The first-order valence-corrected chi connectivity index (χ1v) is 14.8. The molecule has 1 fully saturated rings. The number of allylic oxidation sites excluding steroid dienone is 1. The van der Waals surface area contributed by atoms with E-state index < -0.39 is 56.2 Å². The minimum absolute atomic E-state index is 0. The molecule has 2 aromatic carbocycles. The molecule has 1 unspecified atom stereocenters. The number of rotatable bonds is 12. The maximum Gasteiger partial charge on any atom is 0.309 e. The van der Waals surface area contributed by atoms with E-state index in [1.165, 1.54) is 19.2 Å². The van der Waals surface area contributed by atoms with Crippen LogP contribution in [0.4, 0.5) is 0 Å². The van der Waals surface area contributed by atoms with Crippen LogP contribution in [0.25, 0.3) is 10.4 Å². The van der Waals surface area contributed by atoms with Crippen LogP contribution in [-0.4, -0.2) is 69.9 Å². The molecule has 3 N–H and O–H groups in total. The minimum atomic E-state index is -1.74. The van der Waals surface area contributed by atoms with Gasteiger partial charge in [0.2, 0.25) is 14.3 Å². The third-order valence-electron chi connectivity index (χ3n) is 7.02. The number of ketones is 1. The Labute approximate surface area is 250 Å². The molecule has 14 heteroatoms. The second-order valence-electron chi connectivity index (χ2n) is 10.3. The molecule has 0 radical (unpaired) electrons. The number of aliphatic hydroxyl groups excluding tert-OH is 1. The normalized spacial score (nSPS) is 25.2. The molecule has 2 aromatic rings. The van der Waals surface area contributed by atoms with Gasteiger partial charge in [-0.05, 0) is 43.2 Å². The van der Waals surface area contributed by atoms with Crippen molar-refractivity contribution in [2.24, 2.45) is 11.0 Å². The molecule has 2 aliphatic heterocycles. The lowest BCUT2D eigenvalue weighted by molar-refractivity contribution is -0.152. The first-order chi connectivity index (χ1) is 20.1. The van der Waals surface area contributed by atoms with E-state index in [4.69, 9.17) is 18.5 Å². The summed E-state index contributed by atoms with van der Waals surface area (Å²) in [4.78, 5) is 41.2. The molecule has 0 bridgehead atoms. The van der Waals surface area contributed by atoms with Crippen molar-refractivity contribution in [2.75, 3.05) is 12.8 Å². The van der Waals surface area contributed by atoms with Gasteiger partial charge >= 0.3 is 5.97 Å². The molecule has 43 heavy (non-hydrogen) atoms. The van der Waals surface area contributed by atoms with Gasteiger partial charge in [-0.15, -0.1) is 0 Å². The van der Waals surface area contributed by atoms with Gasteiger partial charge in [-0.3, -0.25) is 19.3 Å². The Hall–Kier alpha value is -3.83. The van der Waals surface area contributed by atoms with Gasteiger partial charge in [0, 0.05) is 17.3 Å². The van der Waals surface area contributed by atoms with Gasteiger partial charge in [-0.25, -0.2) is 0 Å². The average Bonchev–Trinajstić information content (AvgIpc) is 3.22. The fraction of sp³-hybridized carbons (Fsp3) is 0.414. The lowest BCUT2D eigenvalue weighted by atomic mass is 9.92. The summed E-state index contributed by atoms with van der Waals surface area (Å²) in [5, 5.41) is 14.9. The highest BCUT2D eigenvalue weighted by Crippen LogP contribution is 2.44. The van der Waals surface area contributed by atoms with Crippen molar-refractivity contribution in [1.29, 1.82) is 0 Å². The largest absolute Gasteiger partial charge is 0.458 e. The number of amides is 1. The van der Waals surface area contributed by atoms with E-state index in [2.05, 4.69) is 10.0 Å². The number of aliphatic hydroxyl groups is 1. The van der Waals surface area contributed by atoms with Gasteiger partial charge in [-0.1, -0.05) is 60.6 Å². The number of azide groups is 1. The molecular weight excluding hydrogens is 579 g/mol. The molecule has 7 atom stereocenters. The molecule has 2 aliphatic rings. The van der Waals surface area contributed by atoms with Gasteiger partial charge in [0.25, 0.3) is 0 Å². The van der Waals surface area contributed by atoms with Crippen molar-refractivity contribution >= 4 is 26.0 Å². The monoisotopic (exact) mass is 614 g/mol. The summed E-state index contributed by atoms with van der Waals surface area (Å²) in [6.45, 7) is 4.79. The zero-order chi connectivity index (χ0) is 30.3. The minimum Gasteiger partial charge on any atom is -0.458 e. The van der Waals surface area contributed by atoms with Crippen LogP contribution >= 0.6 is 8.38 Å². The number of hydrogen-bond donors (Lipinski definition) is 1. The number of hydrogen-bond acceptors (Lipinski definition) is 9. The van der Waals surface area contributed by atoms with Gasteiger partial charge < -0.3 is 29.1 Å². The van der Waals surface area contributed by atoms with Crippen LogP contribution in [0.1, 0.15) is 38.9 Å². The Morgan fingerprint density at radius 3 is 2.47 bits per heavy atom. The molecule has 0 spiro atoms. The highest BCUT2D eigenvalue weighted by Gasteiger charge is 2.56. The van der Waals surface area contributed by atoms with Gasteiger partial charge in [0.15, 0.2) is 12.0 Å². The number of esters is 1. The molecule has 1 amide bonds. The quantitative estimate of drug-likeness (QED) is 0.0926. The van der Waals surface area contributed by atoms with E-state index in [1.54, 1.807) is 38.1 Å². The van der Waals surface area contributed by atoms with Crippen molar-refractivity contribution in [3.05, 3.63) is 88.9 Å². The Balaban J connectivity index is 0.00000506. The second kappa shape index (κ2) is 15.1. The van der Waals surface area contributed by atoms with Crippen LogP contribution in [0, 0.1) is 5.92 Å². The van der Waals surface area contributed by atoms with Crippen LogP contribution in [-0.2, 0) is 28.4 Å². The van der Waals surface area contributed by atoms with Crippen molar-refractivity contribution in [1.82, 2.24) is 4.90 Å². The van der Waals surface area contributed by atoms with Crippen molar-refractivity contribution < 1.29 is 43.5 Å². The first kappa shape index (κ1) is 33.7. The Morgan fingerprint density at radius 1 is 1.19 bits per heavy atom. The van der Waals surface area contributed by atoms with Crippen molar-refractivity contribution in [3.8, 4) is 5.75 Å². The van der Waals surface area contributed by atoms with Crippen LogP contribution in [0.2, 0.25) is 0 Å². The lowest BCUT2D eigenvalue weighted by Crippen LogP contribution is -2.52. The van der Waals surface area contributed by atoms with Crippen LogP contribution < -0.4 is 4.52 Å². The third-order valence-corrected chi connectivity index (χ3v) is 8.72. The third kappa shape index (κ3) is 8.17. The smallest absolute Gasteiger partial charge is 0.309 e. The average molecular weight is 615 g/mol. The summed E-state index contributed by atoms with van der Waals surface area (Å²) in [6.07, 6.45) is -1.70. The SMILES string of the molecule is C[C@H](CP(OC[C@H]1O[C@@H](N2C=CC(=O)CC2=O)[C@](C)(N=[N+]=[N-])[C@@H]1O)Oc1ccccc1)C(=O)O[C@@H](C)c1ccccc1.O. The lowest BCUT2D eigenvalue weighted by Gasteiger charge is -2.35. The maximum absolute atomic E-state index is 13.0. The van der Waals surface area contributed by atoms with Crippen molar-refractivity contribution in [2.45, 2.75) is 57.3 Å². The summed E-state index contributed by atoms with van der Waals surface area (Å²) < 4.78 is 23.9. The standard InChI is InChI=1S/C29H33N4O8P.H2O/c1-19(27(37)39-20(2)21-10-6-4-7-11-21)18-42(41-23-12-8-5-9-13-23)38-17-24-26(36)29(3,31-32-30)28(40-24)33-15-14-22(34)16-25(33)35;/h4-15,19-20,24,26,28,36H,16-18H2,1-3H3;1H2/t19-,20+,24-,26-,28-,29-,42?;/m1./s1. The fourth-order valence-corrected chi connectivity index (χ4v) is 6.09. The molecule has 13 nitrogen and oxygen atoms in total. The molecule has 230 valence electrons. The van der Waals surface area contributed by atoms with Crippen LogP contribution in [0.15, 0.2) is 78.1 Å². The number of carbonyl (C=O) groups excluding carboxylic acids is 3. The van der Waals surface area contributed by atoms with Crippen LogP contribution in [0.3, 0.4) is 0 Å². The van der Waals surface area contributed by atoms with Gasteiger partial charge in [-0.2, -0.15) is 0 Å². The molecule has 2 heterocycles. The zero-order valence-corrected chi connectivity index (χ0v) is 24.9. The van der Waals surface area contributed by atoms with E-state index in [0.717, 1.165) is 10.5 Å². The zero-order valence-electron chi connectivity index (χ0n) is 24.0. The first-order valence-electron chi connectivity index (χ1n) is 13.4.